The predicted molar refractivity (Wildman–Crippen MR) is 319 cm³/mol. The molecule has 0 bridgehead atoms. The van der Waals surface area contributed by atoms with Crippen molar-refractivity contribution in [3.8, 4) is 0 Å². The third kappa shape index (κ3) is 16.2. The summed E-state index contributed by atoms with van der Waals surface area (Å²) in [4.78, 5) is 176. The number of carboxylic acid groups (broad SMARTS) is 1. The number of amides is 10. The fourth-order valence-corrected chi connectivity index (χ4v) is 10.9. The number of esters is 1. The van der Waals surface area contributed by atoms with E-state index in [0.717, 1.165) is 30.6 Å². The van der Waals surface area contributed by atoms with Crippen molar-refractivity contribution in [1.29, 1.82) is 0 Å². The van der Waals surface area contributed by atoms with E-state index in [1.54, 1.807) is 61.7 Å². The van der Waals surface area contributed by atoms with Crippen LogP contribution in [0.1, 0.15) is 77.8 Å². The van der Waals surface area contributed by atoms with Crippen molar-refractivity contribution in [2.24, 2.45) is 11.7 Å². The molecule has 0 spiro atoms. The summed E-state index contributed by atoms with van der Waals surface area (Å²) in [6.07, 6.45) is -5.75. The van der Waals surface area contributed by atoms with E-state index in [2.05, 4.69) is 52.5 Å². The molecule has 32 heteroatoms. The summed E-state index contributed by atoms with van der Waals surface area (Å²) >= 11 is 0. The van der Waals surface area contributed by atoms with Crippen molar-refractivity contribution in [3.63, 3.8) is 0 Å². The summed E-state index contributed by atoms with van der Waals surface area (Å²) in [5, 5.41) is 85.0. The minimum Gasteiger partial charge on any atom is -0.480 e. The maximum atomic E-state index is 15.3. The fourth-order valence-electron chi connectivity index (χ4n) is 10.9. The average Bonchev–Trinajstić information content (AvgIpc) is 1.96. The van der Waals surface area contributed by atoms with Crippen LogP contribution < -0.4 is 48.3 Å². The van der Waals surface area contributed by atoms with Gasteiger partial charge in [0.1, 0.15) is 60.1 Å². The van der Waals surface area contributed by atoms with Crippen LogP contribution in [0.2, 0.25) is 0 Å². The molecule has 3 aliphatic rings. The third-order valence-electron chi connectivity index (χ3n) is 16.2. The number of aromatic amines is 2. The highest BCUT2D eigenvalue weighted by Crippen LogP contribution is 2.30. The summed E-state index contributed by atoms with van der Waals surface area (Å²) < 4.78 is 5.70. The van der Waals surface area contributed by atoms with Crippen molar-refractivity contribution >= 4 is 98.9 Å². The van der Waals surface area contributed by atoms with Crippen molar-refractivity contribution in [2.75, 3.05) is 26.2 Å². The zero-order valence-electron chi connectivity index (χ0n) is 50.5. The quantitative estimate of drug-likeness (QED) is 0.0440. The standard InChI is InChI=1S/C59H77N13O19/c1-25(2)49(79)46-57(87)72-18-16-40(76)48(72)59(90)91-29(6)45(69-52(82)38(24-73)65-41(77)20-34(60)58(88)89)55(85)68-44(28(5)74)54(84)64-27(4)50(80)63-23-42(78)71-17-15-39(75)47(71)56(86)66-37(19-30-21-61-35-13-9-7-11-31(30)35)51(81)67-43(53(83)70-46)26(3)33-22-62-36-14-10-8-12-32(33)36/h7-14,19,21-22,25-29,34,38-40,43-49,61-62,73-76,79H,15-18,20,23-24,60H2,1-6H3,(H,63,80)(H,64,84)(H,65,77)(H,66,86)(H,67,81)(H,68,85)(H,69,82)(H,70,83)(H,88,89)/t26?,27-,28-,29+,34-,38-,39-,40+,43-,44-,45-,46-,47-,48-,49-/m0/s1. The number of cyclic esters (lactones) is 1. The van der Waals surface area contributed by atoms with Gasteiger partial charge in [0.15, 0.2) is 6.04 Å². The topological polar surface area (TPSA) is 496 Å². The van der Waals surface area contributed by atoms with Gasteiger partial charge in [0.05, 0.1) is 44.0 Å². The lowest BCUT2D eigenvalue weighted by atomic mass is 9.91. The zero-order chi connectivity index (χ0) is 66.9. The minimum absolute atomic E-state index is 0.153. The number of benzene rings is 2. The van der Waals surface area contributed by atoms with Gasteiger partial charge in [0, 0.05) is 58.8 Å². The molecule has 492 valence electrons. The SMILES string of the molecule is CC(c1c[nH]c2ccccc12)[C@@H]1NC(=O)C(=Cc2c[nH]c3ccccc23)NC(=O)[C@@H]2[C@@H](O)CCN2C(=O)CNC(=O)[C@H](C)NC(=O)[C@H]([C@H](C)O)NC(=O)[C@@H](NC(=O)[C@H](CO)NC(=O)C[C@H](N)C(=O)O)[C@@H](C)OC(=O)[C@@H]2[C@H](O)CCN2C(=O)[C@H]([C@@H](O)C(C)C)NC1=O. The number of aliphatic hydroxyl groups is 5. The second-order valence-electron chi connectivity index (χ2n) is 23.1. The van der Waals surface area contributed by atoms with E-state index in [9.17, 15) is 73.8 Å². The number of aliphatic carboxylic acids is 1. The Kier molecular flexibility index (Phi) is 22.8. The minimum atomic E-state index is -2.19. The summed E-state index contributed by atoms with van der Waals surface area (Å²) in [7, 11) is 0. The number of carbonyl (C=O) groups is 12. The first-order valence-electron chi connectivity index (χ1n) is 29.4. The lowest BCUT2D eigenvalue weighted by Crippen LogP contribution is -2.64. The lowest BCUT2D eigenvalue weighted by Gasteiger charge is -2.35. The van der Waals surface area contributed by atoms with Crippen LogP contribution in [-0.2, 0) is 62.3 Å². The molecule has 10 amide bonds. The van der Waals surface area contributed by atoms with Crippen LogP contribution >= 0.6 is 0 Å². The maximum Gasteiger partial charge on any atom is 0.331 e. The van der Waals surface area contributed by atoms with Crippen molar-refractivity contribution < 1.29 is 92.9 Å². The number of aliphatic hydroxyl groups excluding tert-OH is 5. The Hall–Kier alpha value is -9.34. The summed E-state index contributed by atoms with van der Waals surface area (Å²) in [5.41, 5.74) is 7.01. The van der Waals surface area contributed by atoms with Gasteiger partial charge >= 0.3 is 11.9 Å². The molecule has 32 nitrogen and oxygen atoms in total. The molecule has 2 aromatic carbocycles. The van der Waals surface area contributed by atoms with Crippen LogP contribution in [-0.4, -0.2) is 233 Å². The smallest absolute Gasteiger partial charge is 0.331 e. The summed E-state index contributed by atoms with van der Waals surface area (Å²) in [5.74, 6) is -16.5. The monoisotopic (exact) mass is 1270 g/mol. The van der Waals surface area contributed by atoms with E-state index < -0.39 is 200 Å². The molecule has 15 atom stereocenters. The van der Waals surface area contributed by atoms with Crippen LogP contribution in [0.5, 0.6) is 0 Å². The third-order valence-corrected chi connectivity index (χ3v) is 16.2. The number of ether oxygens (including phenoxy) is 1. The Morgan fingerprint density at radius 2 is 1.33 bits per heavy atom. The van der Waals surface area contributed by atoms with Gasteiger partial charge in [-0.05, 0) is 63.3 Å². The van der Waals surface area contributed by atoms with E-state index in [1.807, 2.05) is 0 Å². The Morgan fingerprint density at radius 3 is 1.97 bits per heavy atom. The molecule has 91 heavy (non-hydrogen) atoms. The van der Waals surface area contributed by atoms with E-state index in [4.69, 9.17) is 10.5 Å². The van der Waals surface area contributed by atoms with Gasteiger partial charge in [-0.15, -0.1) is 0 Å². The van der Waals surface area contributed by atoms with Crippen LogP contribution in [0.4, 0.5) is 0 Å². The molecule has 4 aromatic rings. The zero-order valence-corrected chi connectivity index (χ0v) is 50.5. The number of hydrogen-bond donors (Lipinski definition) is 17. The van der Waals surface area contributed by atoms with Gasteiger partial charge in [-0.1, -0.05) is 57.2 Å². The average molecular weight is 1270 g/mol. The van der Waals surface area contributed by atoms with Crippen LogP contribution in [0.3, 0.4) is 0 Å². The van der Waals surface area contributed by atoms with Crippen molar-refractivity contribution in [2.45, 2.75) is 152 Å². The number of hydrogen-bond acceptors (Lipinski definition) is 19. The van der Waals surface area contributed by atoms with Gasteiger partial charge < -0.3 is 103 Å². The number of H-pyrrole nitrogens is 2. The molecule has 0 radical (unpaired) electrons. The molecule has 0 saturated carbocycles. The van der Waals surface area contributed by atoms with Crippen LogP contribution in [0, 0.1) is 5.92 Å². The summed E-state index contributed by atoms with van der Waals surface area (Å²) in [6, 6.07) is -2.95. The first-order chi connectivity index (χ1) is 43.0. The molecule has 5 heterocycles. The van der Waals surface area contributed by atoms with Gasteiger partial charge in [0.25, 0.3) is 5.91 Å². The van der Waals surface area contributed by atoms with Crippen LogP contribution in [0.15, 0.2) is 66.6 Å². The highest BCUT2D eigenvalue weighted by molar-refractivity contribution is 6.07. The lowest BCUT2D eigenvalue weighted by molar-refractivity contribution is -0.164. The highest BCUT2D eigenvalue weighted by Gasteiger charge is 2.49. The van der Waals surface area contributed by atoms with E-state index >= 15 is 14.4 Å². The molecule has 1 unspecified atom stereocenters. The summed E-state index contributed by atoms with van der Waals surface area (Å²) in [6.45, 7) is 5.13. The Morgan fingerprint density at radius 1 is 0.736 bits per heavy atom. The van der Waals surface area contributed by atoms with Crippen molar-refractivity contribution in [1.82, 2.24) is 62.3 Å². The first kappa shape index (κ1) is 69.1. The maximum absolute atomic E-state index is 15.3. The number of para-hydroxylation sites is 2. The Labute approximate surface area is 519 Å². The predicted octanol–water partition coefficient (Wildman–Crippen LogP) is -4.98. The number of nitrogens with one attached hydrogen (secondary N) is 10. The van der Waals surface area contributed by atoms with Gasteiger partial charge in [-0.2, -0.15) is 0 Å². The number of rotatable bonds is 13. The second-order valence-corrected chi connectivity index (χ2v) is 23.1. The molecular weight excluding hydrogens is 1190 g/mol. The first-order valence-corrected chi connectivity index (χ1v) is 29.4. The molecule has 3 fully saturated rings. The molecule has 2 aromatic heterocycles. The molecular formula is C59H77N13O19. The number of carbonyl (C=O) groups excluding carboxylic acids is 11. The normalized spacial score (nSPS) is 27.0. The number of carboxylic acids is 1. The second kappa shape index (κ2) is 30.0. The molecule has 0 aliphatic carbocycles. The van der Waals surface area contributed by atoms with Crippen molar-refractivity contribution in [3.05, 3.63) is 77.7 Å². The van der Waals surface area contributed by atoms with Gasteiger partial charge in [-0.25, -0.2) is 4.79 Å². The molecule has 7 rings (SSSR count). The Bertz CT molecular complexity index is 3460. The molecule has 3 saturated heterocycles. The number of nitrogens with zero attached hydrogens (tertiary/aromatic N) is 2. The number of aromatic nitrogens is 2. The largest absolute Gasteiger partial charge is 0.480 e. The molecule has 18 N–H and O–H groups in total. The van der Waals surface area contributed by atoms with Gasteiger partial charge in [0.2, 0.25) is 53.2 Å². The van der Waals surface area contributed by atoms with Gasteiger partial charge in [-0.3, -0.25) is 52.7 Å². The van der Waals surface area contributed by atoms with E-state index in [-0.39, 0.29) is 19.4 Å². The van der Waals surface area contributed by atoms with Crippen LogP contribution in [0.25, 0.3) is 27.9 Å². The fraction of sp³-hybridized carbons (Fsp3) is 0.492. The number of nitrogens with two attached hydrogens (primary N) is 1. The highest BCUT2D eigenvalue weighted by atomic mass is 16.5. The van der Waals surface area contributed by atoms with E-state index in [0.29, 0.717) is 32.9 Å². The number of fused-ring (bicyclic) bond motifs is 4. The van der Waals surface area contributed by atoms with E-state index in [1.165, 1.54) is 26.1 Å². The molecule has 3 aliphatic heterocycles. The Balaban J connectivity index is 1.31.